The molecule has 1 aromatic rings. The molecule has 5 nitrogen and oxygen atoms in total. The molecular weight excluding hydrogens is 433 g/mol. The van der Waals surface area contributed by atoms with Crippen molar-refractivity contribution < 1.29 is 0 Å². The van der Waals surface area contributed by atoms with E-state index in [9.17, 15) is 0 Å². The van der Waals surface area contributed by atoms with Crippen molar-refractivity contribution in [3.05, 3.63) is 17.0 Å². The van der Waals surface area contributed by atoms with E-state index >= 15 is 0 Å². The topological polar surface area (TPSA) is 54.2 Å². The number of hydrogen-bond acceptors (Lipinski definition) is 3. The predicted molar refractivity (Wildman–Crippen MR) is 116 cm³/mol. The highest BCUT2D eigenvalue weighted by Crippen LogP contribution is 2.37. The first-order valence-corrected chi connectivity index (χ1v) is 9.59. The minimum absolute atomic E-state index is 0. The van der Waals surface area contributed by atoms with Gasteiger partial charge in [-0.05, 0) is 58.3 Å². The van der Waals surface area contributed by atoms with Crippen LogP contribution >= 0.6 is 35.7 Å². The SMILES string of the molecule is CCNC(=NCC1(C)CCCS1)NCCc1c(C)nn(C)c1C.I. The molecular formula is C17H32IN5S. The summed E-state index contributed by atoms with van der Waals surface area (Å²) in [5, 5.41) is 11.3. The maximum absolute atomic E-state index is 4.80. The van der Waals surface area contributed by atoms with Crippen molar-refractivity contribution in [1.29, 1.82) is 0 Å². The van der Waals surface area contributed by atoms with E-state index in [1.54, 1.807) is 0 Å². The zero-order valence-electron chi connectivity index (χ0n) is 15.6. The molecule has 0 spiro atoms. The third-order valence-electron chi connectivity index (χ3n) is 4.54. The average molecular weight is 465 g/mol. The van der Waals surface area contributed by atoms with E-state index in [-0.39, 0.29) is 24.0 Å². The predicted octanol–water partition coefficient (Wildman–Crippen LogP) is 3.04. The van der Waals surface area contributed by atoms with Crippen molar-refractivity contribution in [2.75, 3.05) is 25.4 Å². The highest BCUT2D eigenvalue weighted by Gasteiger charge is 2.29. The van der Waals surface area contributed by atoms with Gasteiger partial charge in [0.25, 0.3) is 0 Å². The first kappa shape index (κ1) is 21.6. The lowest BCUT2D eigenvalue weighted by molar-refractivity contribution is 0.614. The van der Waals surface area contributed by atoms with Crippen LogP contribution in [0.2, 0.25) is 0 Å². The van der Waals surface area contributed by atoms with Crippen LogP contribution in [0.4, 0.5) is 0 Å². The number of rotatable bonds is 6. The van der Waals surface area contributed by atoms with E-state index in [2.05, 4.69) is 55.2 Å². The van der Waals surface area contributed by atoms with E-state index in [0.29, 0.717) is 4.75 Å². The monoisotopic (exact) mass is 465 g/mol. The first-order valence-electron chi connectivity index (χ1n) is 8.60. The van der Waals surface area contributed by atoms with Crippen molar-refractivity contribution in [2.24, 2.45) is 12.0 Å². The van der Waals surface area contributed by atoms with E-state index < -0.39 is 0 Å². The summed E-state index contributed by atoms with van der Waals surface area (Å²) in [6, 6.07) is 0. The van der Waals surface area contributed by atoms with Crippen LogP contribution in [0.15, 0.2) is 4.99 Å². The quantitative estimate of drug-likeness (QED) is 0.385. The Morgan fingerprint density at radius 3 is 2.67 bits per heavy atom. The third kappa shape index (κ3) is 5.82. The zero-order valence-corrected chi connectivity index (χ0v) is 18.8. The Morgan fingerprint density at radius 2 is 2.12 bits per heavy atom. The normalized spacial score (nSPS) is 20.8. The molecule has 138 valence electrons. The molecule has 1 saturated heterocycles. The van der Waals surface area contributed by atoms with E-state index in [1.165, 1.54) is 29.9 Å². The highest BCUT2D eigenvalue weighted by molar-refractivity contribution is 14.0. The largest absolute Gasteiger partial charge is 0.357 e. The van der Waals surface area contributed by atoms with Crippen molar-refractivity contribution >= 4 is 41.7 Å². The van der Waals surface area contributed by atoms with Crippen molar-refractivity contribution in [3.63, 3.8) is 0 Å². The van der Waals surface area contributed by atoms with Crippen LogP contribution in [0.25, 0.3) is 0 Å². The molecule has 2 rings (SSSR count). The summed E-state index contributed by atoms with van der Waals surface area (Å²) in [5.41, 5.74) is 3.72. The fourth-order valence-corrected chi connectivity index (χ4v) is 4.26. The number of aromatic nitrogens is 2. The molecule has 0 amide bonds. The molecule has 1 aromatic heterocycles. The molecule has 0 saturated carbocycles. The van der Waals surface area contributed by atoms with Crippen LogP contribution in [-0.4, -0.2) is 45.9 Å². The van der Waals surface area contributed by atoms with E-state index in [0.717, 1.165) is 37.7 Å². The number of halogens is 1. The van der Waals surface area contributed by atoms with Gasteiger partial charge in [-0.25, -0.2) is 0 Å². The minimum Gasteiger partial charge on any atom is -0.357 e. The van der Waals surface area contributed by atoms with Crippen LogP contribution in [-0.2, 0) is 13.5 Å². The summed E-state index contributed by atoms with van der Waals surface area (Å²) in [4.78, 5) is 4.80. The van der Waals surface area contributed by atoms with Crippen LogP contribution in [0.5, 0.6) is 0 Å². The average Bonchev–Trinajstić information content (AvgIpc) is 3.04. The third-order valence-corrected chi connectivity index (χ3v) is 6.07. The lowest BCUT2D eigenvalue weighted by Gasteiger charge is -2.21. The van der Waals surface area contributed by atoms with Crippen molar-refractivity contribution in [2.45, 2.75) is 51.7 Å². The van der Waals surface area contributed by atoms with Crippen LogP contribution in [0.1, 0.15) is 43.6 Å². The molecule has 1 fully saturated rings. The van der Waals surface area contributed by atoms with Gasteiger partial charge in [0.15, 0.2) is 5.96 Å². The fourth-order valence-electron chi connectivity index (χ4n) is 3.03. The molecule has 0 bridgehead atoms. The van der Waals surface area contributed by atoms with Crippen molar-refractivity contribution in [1.82, 2.24) is 20.4 Å². The van der Waals surface area contributed by atoms with Gasteiger partial charge in [-0.1, -0.05) is 0 Å². The van der Waals surface area contributed by atoms with Gasteiger partial charge in [0.05, 0.1) is 12.2 Å². The molecule has 0 radical (unpaired) electrons. The Labute approximate surface area is 167 Å². The molecule has 2 heterocycles. The Balaban J connectivity index is 0.00000288. The first-order chi connectivity index (χ1) is 10.9. The molecule has 24 heavy (non-hydrogen) atoms. The summed E-state index contributed by atoms with van der Waals surface area (Å²) >= 11 is 2.06. The number of guanidine groups is 1. The number of aliphatic imine (C=N–C) groups is 1. The summed E-state index contributed by atoms with van der Waals surface area (Å²) in [7, 11) is 2.00. The Hall–Kier alpha value is -0.440. The summed E-state index contributed by atoms with van der Waals surface area (Å²) < 4.78 is 2.28. The van der Waals surface area contributed by atoms with Crippen LogP contribution in [0, 0.1) is 13.8 Å². The molecule has 0 aromatic carbocycles. The number of nitrogens with one attached hydrogen (secondary N) is 2. The van der Waals surface area contributed by atoms with Gasteiger partial charge < -0.3 is 10.6 Å². The Bertz CT molecular complexity index is 549. The zero-order chi connectivity index (χ0) is 16.9. The van der Waals surface area contributed by atoms with Gasteiger partial charge in [0, 0.05) is 30.6 Å². The van der Waals surface area contributed by atoms with E-state index in [4.69, 9.17) is 4.99 Å². The second-order valence-electron chi connectivity index (χ2n) is 6.55. The maximum Gasteiger partial charge on any atom is 0.191 e. The standard InChI is InChI=1S/C17H31N5S.HI/c1-6-18-16(20-12-17(4)9-7-11-23-17)19-10-8-15-13(2)21-22(5)14(15)3;/h6-12H2,1-5H3,(H2,18,19,20);1H. The lowest BCUT2D eigenvalue weighted by atomic mass is 10.1. The van der Waals surface area contributed by atoms with Gasteiger partial charge in [0.2, 0.25) is 0 Å². The van der Waals surface area contributed by atoms with Gasteiger partial charge in [-0.15, -0.1) is 24.0 Å². The maximum atomic E-state index is 4.80. The van der Waals surface area contributed by atoms with Crippen molar-refractivity contribution in [3.8, 4) is 0 Å². The van der Waals surface area contributed by atoms with Gasteiger partial charge >= 0.3 is 0 Å². The van der Waals surface area contributed by atoms with Crippen LogP contribution < -0.4 is 10.6 Å². The van der Waals surface area contributed by atoms with Gasteiger partial charge in [-0.3, -0.25) is 9.67 Å². The number of hydrogen-bond donors (Lipinski definition) is 2. The molecule has 1 atom stereocenters. The molecule has 2 N–H and O–H groups in total. The molecule has 1 unspecified atom stereocenters. The summed E-state index contributed by atoms with van der Waals surface area (Å²) in [6.45, 7) is 11.3. The number of thioether (sulfide) groups is 1. The molecule has 0 aliphatic carbocycles. The highest BCUT2D eigenvalue weighted by atomic mass is 127. The number of aryl methyl sites for hydroxylation is 2. The Kier molecular flexibility index (Phi) is 8.90. The minimum atomic E-state index is 0. The summed E-state index contributed by atoms with van der Waals surface area (Å²) in [5.74, 6) is 2.20. The van der Waals surface area contributed by atoms with Gasteiger partial charge in [0.1, 0.15) is 0 Å². The Morgan fingerprint density at radius 1 is 1.38 bits per heavy atom. The summed E-state index contributed by atoms with van der Waals surface area (Å²) in [6.07, 6.45) is 3.57. The smallest absolute Gasteiger partial charge is 0.191 e. The lowest BCUT2D eigenvalue weighted by Crippen LogP contribution is -2.39. The molecule has 7 heteroatoms. The van der Waals surface area contributed by atoms with E-state index in [1.807, 2.05) is 11.7 Å². The fraction of sp³-hybridized carbons (Fsp3) is 0.765. The van der Waals surface area contributed by atoms with Gasteiger partial charge in [-0.2, -0.15) is 16.9 Å². The second kappa shape index (κ2) is 9.89. The molecule has 1 aliphatic heterocycles. The molecule has 1 aliphatic rings. The number of nitrogens with zero attached hydrogens (tertiary/aromatic N) is 3. The second-order valence-corrected chi connectivity index (χ2v) is 8.23. The van der Waals surface area contributed by atoms with Crippen LogP contribution in [0.3, 0.4) is 0 Å².